The van der Waals surface area contributed by atoms with Crippen LogP contribution in [0, 0.1) is 0 Å². The first-order valence-corrected chi connectivity index (χ1v) is 7.25. The van der Waals surface area contributed by atoms with Crippen molar-refractivity contribution in [2.24, 2.45) is 0 Å². The van der Waals surface area contributed by atoms with Gasteiger partial charge in [-0.15, -0.1) is 11.8 Å². The van der Waals surface area contributed by atoms with Crippen LogP contribution in [0.3, 0.4) is 0 Å². The van der Waals surface area contributed by atoms with Gasteiger partial charge in [-0.05, 0) is 42.0 Å². The molecule has 2 aromatic rings. The fraction of sp³-hybridized carbons (Fsp3) is 0.133. The minimum atomic E-state index is -0.971. The third kappa shape index (κ3) is 3.68. The van der Waals surface area contributed by atoms with E-state index in [1.807, 2.05) is 24.3 Å². The Labute approximate surface area is 126 Å². The molecule has 0 radical (unpaired) electrons. The number of halogens is 1. The van der Waals surface area contributed by atoms with Crippen LogP contribution in [-0.2, 0) is 5.75 Å². The fourth-order valence-electron chi connectivity index (χ4n) is 1.63. The molecular formula is C15H13ClO3S. The summed E-state index contributed by atoms with van der Waals surface area (Å²) < 4.78 is 5.10. The first kappa shape index (κ1) is 14.8. The van der Waals surface area contributed by atoms with Crippen molar-refractivity contribution in [3.05, 3.63) is 58.6 Å². The second-order valence-electron chi connectivity index (χ2n) is 4.08. The largest absolute Gasteiger partial charge is 0.497 e. The van der Waals surface area contributed by atoms with E-state index in [1.54, 1.807) is 31.0 Å². The number of ether oxygens (including phenoxy) is 1. The predicted octanol–water partition coefficient (Wildman–Crippen LogP) is 4.34. The molecule has 0 aromatic heterocycles. The van der Waals surface area contributed by atoms with Crippen molar-refractivity contribution in [1.29, 1.82) is 0 Å². The highest BCUT2D eigenvalue weighted by molar-refractivity contribution is 7.98. The molecule has 0 amide bonds. The normalized spacial score (nSPS) is 10.3. The maximum atomic E-state index is 10.8. The van der Waals surface area contributed by atoms with E-state index in [4.69, 9.17) is 21.4 Å². The molecule has 0 saturated carbocycles. The van der Waals surface area contributed by atoms with Crippen LogP contribution in [0.1, 0.15) is 15.9 Å². The van der Waals surface area contributed by atoms with E-state index in [-0.39, 0.29) is 5.56 Å². The molecule has 0 aliphatic rings. The van der Waals surface area contributed by atoms with E-state index in [2.05, 4.69) is 0 Å². The van der Waals surface area contributed by atoms with E-state index >= 15 is 0 Å². The van der Waals surface area contributed by atoms with Gasteiger partial charge in [0.05, 0.1) is 12.7 Å². The average molecular weight is 309 g/mol. The van der Waals surface area contributed by atoms with Crippen molar-refractivity contribution in [2.45, 2.75) is 10.6 Å². The van der Waals surface area contributed by atoms with Crippen molar-refractivity contribution < 1.29 is 14.6 Å². The number of hydrogen-bond donors (Lipinski definition) is 1. The second-order valence-corrected chi connectivity index (χ2v) is 5.53. The van der Waals surface area contributed by atoms with Crippen LogP contribution in [0.4, 0.5) is 0 Å². The number of carboxylic acids is 1. The van der Waals surface area contributed by atoms with Gasteiger partial charge in [0, 0.05) is 15.7 Å². The van der Waals surface area contributed by atoms with Crippen LogP contribution in [0.5, 0.6) is 5.75 Å². The number of thioether (sulfide) groups is 1. The fourth-order valence-corrected chi connectivity index (χ4v) is 2.86. The van der Waals surface area contributed by atoms with Gasteiger partial charge in [-0.3, -0.25) is 0 Å². The van der Waals surface area contributed by atoms with Crippen molar-refractivity contribution in [2.75, 3.05) is 7.11 Å². The smallest absolute Gasteiger partial charge is 0.335 e. The molecular weight excluding hydrogens is 296 g/mol. The highest BCUT2D eigenvalue weighted by Gasteiger charge is 2.07. The van der Waals surface area contributed by atoms with Crippen LogP contribution in [0.2, 0.25) is 5.02 Å². The quantitative estimate of drug-likeness (QED) is 0.835. The lowest BCUT2D eigenvalue weighted by Crippen LogP contribution is -1.96. The Balaban J connectivity index is 2.04. The topological polar surface area (TPSA) is 46.5 Å². The number of hydrogen-bond acceptors (Lipinski definition) is 3. The lowest BCUT2D eigenvalue weighted by molar-refractivity contribution is 0.0697. The summed E-state index contributed by atoms with van der Waals surface area (Å²) in [5.41, 5.74) is 1.12. The molecule has 104 valence electrons. The van der Waals surface area contributed by atoms with Gasteiger partial charge < -0.3 is 9.84 Å². The van der Waals surface area contributed by atoms with Gasteiger partial charge in [0.1, 0.15) is 5.75 Å². The van der Waals surface area contributed by atoms with E-state index in [0.29, 0.717) is 10.8 Å². The Morgan fingerprint density at radius 1 is 1.25 bits per heavy atom. The lowest BCUT2D eigenvalue weighted by Gasteiger charge is -2.06. The molecule has 5 heteroatoms. The van der Waals surface area contributed by atoms with E-state index < -0.39 is 5.97 Å². The molecule has 0 aliphatic carbocycles. The van der Waals surface area contributed by atoms with Gasteiger partial charge in [-0.25, -0.2) is 4.79 Å². The summed E-state index contributed by atoms with van der Waals surface area (Å²) in [6.45, 7) is 0. The highest BCUT2D eigenvalue weighted by Crippen LogP contribution is 2.28. The van der Waals surface area contributed by atoms with Gasteiger partial charge in [-0.1, -0.05) is 17.7 Å². The van der Waals surface area contributed by atoms with E-state index in [1.165, 1.54) is 6.07 Å². The number of methoxy groups -OCH3 is 1. The van der Waals surface area contributed by atoms with Gasteiger partial charge >= 0.3 is 5.97 Å². The Kier molecular flexibility index (Phi) is 4.93. The number of rotatable bonds is 5. The Morgan fingerprint density at radius 2 is 1.95 bits per heavy atom. The first-order valence-electron chi connectivity index (χ1n) is 5.88. The maximum Gasteiger partial charge on any atom is 0.335 e. The average Bonchev–Trinajstić information content (AvgIpc) is 2.46. The summed E-state index contributed by atoms with van der Waals surface area (Å²) in [7, 11) is 1.63. The third-order valence-corrected chi connectivity index (χ3v) is 4.17. The van der Waals surface area contributed by atoms with Gasteiger partial charge in [0.15, 0.2) is 0 Å². The summed E-state index contributed by atoms with van der Waals surface area (Å²) in [4.78, 5) is 11.9. The maximum absolute atomic E-state index is 10.8. The summed E-state index contributed by atoms with van der Waals surface area (Å²) >= 11 is 7.72. The monoisotopic (exact) mass is 308 g/mol. The van der Waals surface area contributed by atoms with Gasteiger partial charge in [-0.2, -0.15) is 0 Å². The number of aromatic carboxylic acids is 1. The third-order valence-electron chi connectivity index (χ3n) is 2.75. The zero-order valence-corrected chi connectivity index (χ0v) is 12.4. The Hall–Kier alpha value is -1.65. The number of carbonyl (C=O) groups is 1. The minimum absolute atomic E-state index is 0.202. The lowest BCUT2D eigenvalue weighted by atomic mass is 10.1. The number of carboxylic acid groups (broad SMARTS) is 1. The Bertz CT molecular complexity index is 611. The van der Waals surface area contributed by atoms with Gasteiger partial charge in [0.2, 0.25) is 0 Å². The molecule has 2 rings (SSSR count). The molecule has 0 aliphatic heterocycles. The predicted molar refractivity (Wildman–Crippen MR) is 81.0 cm³/mol. The molecule has 1 N–H and O–H groups in total. The zero-order valence-electron chi connectivity index (χ0n) is 10.8. The van der Waals surface area contributed by atoms with Crippen LogP contribution < -0.4 is 4.74 Å². The molecule has 2 aromatic carbocycles. The van der Waals surface area contributed by atoms with Crippen molar-refractivity contribution in [1.82, 2.24) is 0 Å². The van der Waals surface area contributed by atoms with Crippen LogP contribution in [-0.4, -0.2) is 18.2 Å². The number of benzene rings is 2. The minimum Gasteiger partial charge on any atom is -0.497 e. The molecule has 0 saturated heterocycles. The molecule has 20 heavy (non-hydrogen) atoms. The summed E-state index contributed by atoms with van der Waals surface area (Å²) in [5.74, 6) is 0.532. The van der Waals surface area contributed by atoms with Crippen molar-refractivity contribution in [3.8, 4) is 5.75 Å². The van der Waals surface area contributed by atoms with E-state index in [9.17, 15) is 4.79 Å². The van der Waals surface area contributed by atoms with Crippen LogP contribution >= 0.6 is 23.4 Å². The summed E-state index contributed by atoms with van der Waals surface area (Å²) in [6.07, 6.45) is 0. The van der Waals surface area contributed by atoms with Crippen molar-refractivity contribution in [3.63, 3.8) is 0 Å². The highest BCUT2D eigenvalue weighted by atomic mass is 35.5. The standard InChI is InChI=1S/C15H13ClO3S/c1-19-12-4-6-13(7-5-12)20-9-11-3-2-10(15(17)18)8-14(11)16/h2-8H,9H2,1H3,(H,17,18). The van der Waals surface area contributed by atoms with E-state index in [0.717, 1.165) is 16.2 Å². The molecule has 3 nitrogen and oxygen atoms in total. The molecule has 0 atom stereocenters. The zero-order chi connectivity index (χ0) is 14.5. The first-order chi connectivity index (χ1) is 9.60. The summed E-state index contributed by atoms with van der Waals surface area (Å²) in [5, 5.41) is 9.36. The Morgan fingerprint density at radius 3 is 2.50 bits per heavy atom. The molecule has 0 spiro atoms. The van der Waals surface area contributed by atoms with Crippen molar-refractivity contribution >= 4 is 29.3 Å². The van der Waals surface area contributed by atoms with Crippen LogP contribution in [0.15, 0.2) is 47.4 Å². The van der Waals surface area contributed by atoms with Crippen LogP contribution in [0.25, 0.3) is 0 Å². The molecule has 0 fully saturated rings. The SMILES string of the molecule is COc1ccc(SCc2ccc(C(=O)O)cc2Cl)cc1. The summed E-state index contributed by atoms with van der Waals surface area (Å²) in [6, 6.07) is 12.6. The van der Waals surface area contributed by atoms with Gasteiger partial charge in [0.25, 0.3) is 0 Å². The molecule has 0 bridgehead atoms. The molecule has 0 heterocycles. The molecule has 0 unspecified atom stereocenters. The second kappa shape index (κ2) is 6.68.